The van der Waals surface area contributed by atoms with E-state index in [2.05, 4.69) is 17.2 Å². The summed E-state index contributed by atoms with van der Waals surface area (Å²) in [6.07, 6.45) is 1.24. The van der Waals surface area contributed by atoms with Crippen LogP contribution in [-0.4, -0.2) is 11.0 Å². The van der Waals surface area contributed by atoms with E-state index >= 15 is 0 Å². The van der Waals surface area contributed by atoms with Crippen molar-refractivity contribution in [2.75, 3.05) is 5.32 Å². The van der Waals surface area contributed by atoms with Crippen molar-refractivity contribution in [2.24, 2.45) is 5.92 Å². The van der Waals surface area contributed by atoms with Crippen molar-refractivity contribution in [1.82, 2.24) is 4.98 Å². The molecule has 1 aromatic rings. The number of hydrogen-bond donors (Lipinski definition) is 1. The van der Waals surface area contributed by atoms with E-state index < -0.39 is 11.7 Å². The molecule has 18 heavy (non-hydrogen) atoms. The zero-order chi connectivity index (χ0) is 13.2. The van der Waals surface area contributed by atoms with Crippen molar-refractivity contribution < 1.29 is 13.2 Å². The van der Waals surface area contributed by atoms with Crippen molar-refractivity contribution in [3.63, 3.8) is 0 Å². The standard InChI is InChI=1S/C13H17F3N2/c1-9-5-2-3-7-11(9)18-12-10(13(14,15)16)6-4-8-17-12/h4,6,8-9,11H,2-3,5,7H2,1H3,(H,17,18). The smallest absolute Gasteiger partial charge is 0.367 e. The summed E-state index contributed by atoms with van der Waals surface area (Å²) in [5, 5.41) is 2.97. The maximum Gasteiger partial charge on any atom is 0.419 e. The Balaban J connectivity index is 2.18. The van der Waals surface area contributed by atoms with Crippen LogP contribution < -0.4 is 5.32 Å². The van der Waals surface area contributed by atoms with Gasteiger partial charge in [0.1, 0.15) is 5.82 Å². The summed E-state index contributed by atoms with van der Waals surface area (Å²) < 4.78 is 38.5. The number of rotatable bonds is 2. The molecule has 0 spiro atoms. The van der Waals surface area contributed by atoms with Crippen molar-refractivity contribution in [3.8, 4) is 0 Å². The van der Waals surface area contributed by atoms with Gasteiger partial charge >= 0.3 is 6.18 Å². The number of alkyl halides is 3. The molecule has 1 fully saturated rings. The number of anilines is 1. The molecule has 2 atom stereocenters. The molecule has 1 aliphatic carbocycles. The second-order valence-corrected chi connectivity index (χ2v) is 4.91. The lowest BCUT2D eigenvalue weighted by Gasteiger charge is -2.30. The van der Waals surface area contributed by atoms with Gasteiger partial charge in [-0.2, -0.15) is 13.2 Å². The van der Waals surface area contributed by atoms with Gasteiger partial charge in [-0.15, -0.1) is 0 Å². The molecule has 1 saturated carbocycles. The third kappa shape index (κ3) is 2.94. The quantitative estimate of drug-likeness (QED) is 0.864. The minimum Gasteiger partial charge on any atom is -0.367 e. The van der Waals surface area contributed by atoms with Crippen LogP contribution in [0.1, 0.15) is 38.2 Å². The van der Waals surface area contributed by atoms with E-state index in [1.807, 2.05) is 0 Å². The van der Waals surface area contributed by atoms with E-state index in [0.717, 1.165) is 31.7 Å². The Hall–Kier alpha value is -1.26. The Labute approximate surface area is 105 Å². The summed E-state index contributed by atoms with van der Waals surface area (Å²) in [7, 11) is 0. The first-order valence-electron chi connectivity index (χ1n) is 6.27. The van der Waals surface area contributed by atoms with Gasteiger partial charge in [0.2, 0.25) is 0 Å². The first-order valence-corrected chi connectivity index (χ1v) is 6.27. The van der Waals surface area contributed by atoms with Gasteiger partial charge in [0.25, 0.3) is 0 Å². The third-order valence-electron chi connectivity index (χ3n) is 3.55. The summed E-state index contributed by atoms with van der Waals surface area (Å²) in [5.41, 5.74) is -0.678. The summed E-state index contributed by atoms with van der Waals surface area (Å²) >= 11 is 0. The Bertz CT molecular complexity index is 403. The molecule has 5 heteroatoms. The lowest BCUT2D eigenvalue weighted by atomic mass is 9.86. The maximum absolute atomic E-state index is 12.8. The Morgan fingerprint density at radius 1 is 1.28 bits per heavy atom. The molecule has 1 aromatic heterocycles. The molecule has 0 bridgehead atoms. The highest BCUT2D eigenvalue weighted by molar-refractivity contribution is 5.46. The minimum atomic E-state index is -4.35. The lowest BCUT2D eigenvalue weighted by Crippen LogP contribution is -2.31. The number of aromatic nitrogens is 1. The zero-order valence-electron chi connectivity index (χ0n) is 10.3. The van der Waals surface area contributed by atoms with Gasteiger partial charge in [-0.1, -0.05) is 19.8 Å². The molecule has 0 amide bonds. The van der Waals surface area contributed by atoms with Gasteiger partial charge in [-0.3, -0.25) is 0 Å². The van der Waals surface area contributed by atoms with Gasteiger partial charge in [0.15, 0.2) is 0 Å². The van der Waals surface area contributed by atoms with Crippen molar-refractivity contribution in [3.05, 3.63) is 23.9 Å². The Morgan fingerprint density at radius 2 is 2.00 bits per heavy atom. The molecular weight excluding hydrogens is 241 g/mol. The molecule has 0 saturated heterocycles. The van der Waals surface area contributed by atoms with Crippen LogP contribution >= 0.6 is 0 Å². The average molecular weight is 258 g/mol. The first kappa shape index (κ1) is 13.2. The van der Waals surface area contributed by atoms with Crippen LogP contribution in [0.3, 0.4) is 0 Å². The normalized spacial score (nSPS) is 24.9. The highest BCUT2D eigenvalue weighted by atomic mass is 19.4. The number of nitrogens with zero attached hydrogens (tertiary/aromatic N) is 1. The van der Waals surface area contributed by atoms with E-state index in [9.17, 15) is 13.2 Å². The average Bonchev–Trinajstić information content (AvgIpc) is 2.31. The highest BCUT2D eigenvalue weighted by Gasteiger charge is 2.35. The van der Waals surface area contributed by atoms with Crippen LogP contribution in [0.25, 0.3) is 0 Å². The Kier molecular flexibility index (Phi) is 3.78. The predicted octanol–water partition coefficient (Wildman–Crippen LogP) is 4.09. The highest BCUT2D eigenvalue weighted by Crippen LogP contribution is 2.35. The molecule has 100 valence electrons. The predicted molar refractivity (Wildman–Crippen MR) is 64.3 cm³/mol. The maximum atomic E-state index is 12.8. The van der Waals surface area contributed by atoms with E-state index in [1.54, 1.807) is 0 Å². The molecule has 2 nitrogen and oxygen atoms in total. The molecule has 1 N–H and O–H groups in total. The number of hydrogen-bond acceptors (Lipinski definition) is 2. The van der Waals surface area contributed by atoms with E-state index in [4.69, 9.17) is 0 Å². The van der Waals surface area contributed by atoms with Crippen LogP contribution in [0, 0.1) is 5.92 Å². The Morgan fingerprint density at radius 3 is 2.67 bits per heavy atom. The number of nitrogens with one attached hydrogen (secondary N) is 1. The van der Waals surface area contributed by atoms with Crippen LogP contribution in [0.2, 0.25) is 0 Å². The molecular formula is C13H17F3N2. The largest absolute Gasteiger partial charge is 0.419 e. The van der Waals surface area contributed by atoms with Crippen LogP contribution in [0.15, 0.2) is 18.3 Å². The van der Waals surface area contributed by atoms with Gasteiger partial charge in [-0.25, -0.2) is 4.98 Å². The fraction of sp³-hybridized carbons (Fsp3) is 0.615. The summed E-state index contributed by atoms with van der Waals surface area (Å²) in [4.78, 5) is 3.84. The van der Waals surface area contributed by atoms with Gasteiger partial charge in [0.05, 0.1) is 5.56 Å². The third-order valence-corrected chi connectivity index (χ3v) is 3.55. The second-order valence-electron chi connectivity index (χ2n) is 4.91. The van der Waals surface area contributed by atoms with Gasteiger partial charge < -0.3 is 5.32 Å². The lowest BCUT2D eigenvalue weighted by molar-refractivity contribution is -0.137. The molecule has 0 aliphatic heterocycles. The topological polar surface area (TPSA) is 24.9 Å². The molecule has 2 rings (SSSR count). The molecule has 0 radical (unpaired) electrons. The first-order chi connectivity index (χ1) is 8.48. The summed E-state index contributed by atoms with van der Waals surface area (Å²) in [6.45, 7) is 2.08. The molecule has 2 unspecified atom stereocenters. The SMILES string of the molecule is CC1CCCCC1Nc1ncccc1C(F)(F)F. The molecule has 1 heterocycles. The summed E-state index contributed by atoms with van der Waals surface area (Å²) in [6, 6.07) is 2.48. The zero-order valence-corrected chi connectivity index (χ0v) is 10.3. The van der Waals surface area contributed by atoms with Crippen molar-refractivity contribution >= 4 is 5.82 Å². The molecule has 0 aromatic carbocycles. The monoisotopic (exact) mass is 258 g/mol. The number of halogens is 3. The van der Waals surface area contributed by atoms with Crippen LogP contribution in [0.5, 0.6) is 0 Å². The number of pyridine rings is 1. The van der Waals surface area contributed by atoms with E-state index in [1.165, 1.54) is 12.3 Å². The van der Waals surface area contributed by atoms with Crippen molar-refractivity contribution in [1.29, 1.82) is 0 Å². The summed E-state index contributed by atoms with van der Waals surface area (Å²) in [5.74, 6) is 0.352. The van der Waals surface area contributed by atoms with Gasteiger partial charge in [-0.05, 0) is 30.9 Å². The van der Waals surface area contributed by atoms with Gasteiger partial charge in [0, 0.05) is 12.2 Å². The minimum absolute atomic E-state index is 0.0382. The van der Waals surface area contributed by atoms with Crippen LogP contribution in [0.4, 0.5) is 19.0 Å². The fourth-order valence-electron chi connectivity index (χ4n) is 2.46. The van der Waals surface area contributed by atoms with E-state index in [0.29, 0.717) is 5.92 Å². The van der Waals surface area contributed by atoms with Crippen molar-refractivity contribution in [2.45, 2.75) is 44.8 Å². The van der Waals surface area contributed by atoms with Crippen LogP contribution in [-0.2, 0) is 6.18 Å². The second kappa shape index (κ2) is 5.16. The van der Waals surface area contributed by atoms with E-state index in [-0.39, 0.29) is 11.9 Å². The fourth-order valence-corrected chi connectivity index (χ4v) is 2.46. The molecule has 1 aliphatic rings.